The van der Waals surface area contributed by atoms with Crippen LogP contribution in [0.3, 0.4) is 0 Å². The molecule has 0 aromatic heterocycles. The van der Waals surface area contributed by atoms with E-state index in [1.165, 1.54) is 22.7 Å². The first-order valence-corrected chi connectivity index (χ1v) is 10.9. The minimum atomic E-state index is -3.37. The number of carbonyl (C=O) groups is 1. The van der Waals surface area contributed by atoms with Gasteiger partial charge in [-0.15, -0.1) is 0 Å². The van der Waals surface area contributed by atoms with E-state index in [0.717, 1.165) is 11.1 Å². The lowest BCUT2D eigenvalue weighted by Gasteiger charge is -2.21. The molecular weight excluding hydrogens is 402 g/mol. The minimum absolute atomic E-state index is 0.0864. The van der Waals surface area contributed by atoms with Crippen molar-refractivity contribution in [2.45, 2.75) is 32.4 Å². The van der Waals surface area contributed by atoms with Crippen molar-refractivity contribution in [3.8, 4) is 5.75 Å². The van der Waals surface area contributed by atoms with Gasteiger partial charge in [-0.25, -0.2) is 8.42 Å². The number of fused-ring (bicyclic) bond motifs is 1. The first-order chi connectivity index (χ1) is 13.6. The van der Waals surface area contributed by atoms with E-state index in [4.69, 9.17) is 0 Å². The second-order valence-corrected chi connectivity index (χ2v) is 8.84. The summed E-state index contributed by atoms with van der Waals surface area (Å²) in [4.78, 5) is 12.4. The average molecular weight is 424 g/mol. The van der Waals surface area contributed by atoms with E-state index in [0.29, 0.717) is 30.6 Å². The van der Waals surface area contributed by atoms with Gasteiger partial charge in [-0.3, -0.25) is 9.10 Å². The van der Waals surface area contributed by atoms with Gasteiger partial charge in [-0.05, 0) is 61.2 Å². The molecule has 2 aromatic carbocycles. The molecule has 0 saturated heterocycles. The van der Waals surface area contributed by atoms with Crippen LogP contribution in [0.5, 0.6) is 5.75 Å². The Morgan fingerprint density at radius 2 is 1.93 bits per heavy atom. The molecule has 0 spiro atoms. The first-order valence-electron chi connectivity index (χ1n) is 9.09. The van der Waals surface area contributed by atoms with Gasteiger partial charge in [0.15, 0.2) is 0 Å². The summed E-state index contributed by atoms with van der Waals surface area (Å²) < 4.78 is 53.9. The fraction of sp³-hybridized carbons (Fsp3) is 0.350. The van der Waals surface area contributed by atoms with Crippen molar-refractivity contribution in [2.24, 2.45) is 0 Å². The monoisotopic (exact) mass is 424 g/mol. The predicted molar refractivity (Wildman–Crippen MR) is 106 cm³/mol. The highest BCUT2D eigenvalue weighted by molar-refractivity contribution is 7.92. The Bertz CT molecular complexity index is 994. The summed E-state index contributed by atoms with van der Waals surface area (Å²) in [5.41, 5.74) is 2.78. The van der Waals surface area contributed by atoms with E-state index in [2.05, 4.69) is 10.1 Å². The lowest BCUT2D eigenvalue weighted by Crippen LogP contribution is -2.34. The van der Waals surface area contributed by atoms with Crippen LogP contribution in [0.25, 0.3) is 0 Å². The average Bonchev–Trinajstić information content (AvgIpc) is 2.97. The third-order valence-electron chi connectivity index (χ3n) is 4.70. The number of carbonyl (C=O) groups excluding carboxylic acids is 1. The summed E-state index contributed by atoms with van der Waals surface area (Å²) >= 11 is 0. The van der Waals surface area contributed by atoms with Gasteiger partial charge in [0.2, 0.25) is 10.0 Å². The second kappa shape index (κ2) is 8.36. The lowest BCUT2D eigenvalue weighted by molar-refractivity contribution is -0.0498. The van der Waals surface area contributed by atoms with Gasteiger partial charge in [-0.2, -0.15) is 8.78 Å². The van der Waals surface area contributed by atoms with E-state index >= 15 is 0 Å². The van der Waals surface area contributed by atoms with E-state index in [9.17, 15) is 22.0 Å². The number of hydrogen-bond donors (Lipinski definition) is 1. The van der Waals surface area contributed by atoms with Crippen molar-refractivity contribution in [3.05, 3.63) is 59.2 Å². The molecule has 0 aliphatic carbocycles. The number of ether oxygens (including phenoxy) is 1. The van der Waals surface area contributed by atoms with E-state index < -0.39 is 16.6 Å². The summed E-state index contributed by atoms with van der Waals surface area (Å²) in [6, 6.07) is 11.1. The summed E-state index contributed by atoms with van der Waals surface area (Å²) in [7, 11) is -3.37. The second-order valence-electron chi connectivity index (χ2n) is 6.98. The lowest BCUT2D eigenvalue weighted by atomic mass is 10.1. The summed E-state index contributed by atoms with van der Waals surface area (Å²) in [6.45, 7) is -0.658. The fourth-order valence-corrected chi connectivity index (χ4v) is 4.77. The quantitative estimate of drug-likeness (QED) is 0.742. The number of hydrogen-bond acceptors (Lipinski definition) is 4. The van der Waals surface area contributed by atoms with E-state index in [1.807, 2.05) is 6.92 Å². The zero-order valence-corrected chi connectivity index (χ0v) is 16.9. The number of halogens is 2. The minimum Gasteiger partial charge on any atom is -0.435 e. The molecule has 1 aliphatic rings. The maximum Gasteiger partial charge on any atom is 0.387 e. The van der Waals surface area contributed by atoms with Gasteiger partial charge in [0.05, 0.1) is 11.9 Å². The van der Waals surface area contributed by atoms with Crippen molar-refractivity contribution >= 4 is 21.6 Å². The molecule has 1 atom stereocenters. The molecule has 9 heteroatoms. The van der Waals surface area contributed by atoms with Crippen LogP contribution in [0.15, 0.2) is 42.5 Å². The van der Waals surface area contributed by atoms with Crippen LogP contribution in [0, 0.1) is 0 Å². The van der Waals surface area contributed by atoms with Crippen LogP contribution in [0.4, 0.5) is 14.5 Å². The molecule has 1 heterocycles. The third kappa shape index (κ3) is 5.03. The number of anilines is 1. The molecule has 2 aromatic rings. The van der Waals surface area contributed by atoms with Gasteiger partial charge in [0, 0.05) is 18.2 Å². The normalized spacial score (nSPS) is 16.0. The Kier molecular flexibility index (Phi) is 6.07. The van der Waals surface area contributed by atoms with Crippen LogP contribution >= 0.6 is 0 Å². The largest absolute Gasteiger partial charge is 0.435 e. The molecule has 1 N–H and O–H groups in total. The van der Waals surface area contributed by atoms with Gasteiger partial charge >= 0.3 is 6.61 Å². The van der Waals surface area contributed by atoms with Crippen LogP contribution < -0.4 is 14.4 Å². The molecule has 0 radical (unpaired) electrons. The van der Waals surface area contributed by atoms with Crippen LogP contribution in [0.1, 0.15) is 28.4 Å². The standard InChI is InChI=1S/C20H22F2N2O4S/c1-13-11-16-12-15(5-8-18(16)24(13)29(2,26)27)19(25)23-10-9-14-3-6-17(7-4-14)28-20(21)22/h3-8,12-13,20H,9-11H2,1-2H3,(H,23,25). The molecule has 1 aliphatic heterocycles. The highest BCUT2D eigenvalue weighted by atomic mass is 32.2. The zero-order chi connectivity index (χ0) is 21.2. The van der Waals surface area contributed by atoms with Crippen molar-refractivity contribution in [1.82, 2.24) is 5.32 Å². The molecule has 0 fully saturated rings. The van der Waals surface area contributed by atoms with Crippen LogP contribution in [-0.4, -0.2) is 39.8 Å². The highest BCUT2D eigenvalue weighted by Gasteiger charge is 2.32. The molecule has 3 rings (SSSR count). The maximum absolute atomic E-state index is 12.4. The smallest absolute Gasteiger partial charge is 0.387 e. The van der Waals surface area contributed by atoms with Gasteiger partial charge in [-0.1, -0.05) is 12.1 Å². The van der Waals surface area contributed by atoms with Gasteiger partial charge < -0.3 is 10.1 Å². The molecule has 1 amide bonds. The van der Waals surface area contributed by atoms with E-state index in [-0.39, 0.29) is 17.7 Å². The molecule has 6 nitrogen and oxygen atoms in total. The van der Waals surface area contributed by atoms with Crippen molar-refractivity contribution in [3.63, 3.8) is 0 Å². The fourth-order valence-electron chi connectivity index (χ4n) is 3.51. The Hall–Kier alpha value is -2.68. The number of nitrogens with zero attached hydrogens (tertiary/aromatic N) is 1. The summed E-state index contributed by atoms with van der Waals surface area (Å²) in [5, 5.41) is 2.82. The van der Waals surface area contributed by atoms with Gasteiger partial charge in [0.25, 0.3) is 5.91 Å². The third-order valence-corrected chi connectivity index (χ3v) is 5.97. The number of benzene rings is 2. The number of rotatable bonds is 7. The number of sulfonamides is 1. The van der Waals surface area contributed by atoms with Crippen LogP contribution in [0.2, 0.25) is 0 Å². The Balaban J connectivity index is 1.59. The molecule has 0 saturated carbocycles. The SMILES string of the molecule is CC1Cc2cc(C(=O)NCCc3ccc(OC(F)F)cc3)ccc2N1S(C)(=O)=O. The van der Waals surface area contributed by atoms with Crippen molar-refractivity contribution in [2.75, 3.05) is 17.1 Å². The van der Waals surface area contributed by atoms with E-state index in [1.54, 1.807) is 30.3 Å². The van der Waals surface area contributed by atoms with Crippen molar-refractivity contribution < 1.29 is 26.7 Å². The summed E-state index contributed by atoms with van der Waals surface area (Å²) in [6.07, 6.45) is 2.26. The number of alkyl halides is 2. The summed E-state index contributed by atoms with van der Waals surface area (Å²) in [5.74, 6) is -0.167. The Labute approximate surface area is 168 Å². The molecular formula is C20H22F2N2O4S. The molecule has 1 unspecified atom stereocenters. The van der Waals surface area contributed by atoms with Gasteiger partial charge in [0.1, 0.15) is 5.75 Å². The predicted octanol–water partition coefficient (Wildman–Crippen LogP) is 2.97. The van der Waals surface area contributed by atoms with Crippen LogP contribution in [-0.2, 0) is 22.9 Å². The molecule has 156 valence electrons. The maximum atomic E-state index is 12.4. The number of amides is 1. The zero-order valence-electron chi connectivity index (χ0n) is 16.1. The molecule has 0 bridgehead atoms. The topological polar surface area (TPSA) is 75.7 Å². The highest BCUT2D eigenvalue weighted by Crippen LogP contribution is 2.34. The molecule has 29 heavy (non-hydrogen) atoms. The Morgan fingerprint density at radius 1 is 1.24 bits per heavy atom. The first kappa shape index (κ1) is 21.0. The Morgan fingerprint density at radius 3 is 2.55 bits per heavy atom. The van der Waals surface area contributed by atoms with Crippen molar-refractivity contribution in [1.29, 1.82) is 0 Å². The number of nitrogens with one attached hydrogen (secondary N) is 1.